The van der Waals surface area contributed by atoms with E-state index in [2.05, 4.69) is 10.0 Å². The van der Waals surface area contributed by atoms with Crippen LogP contribution in [0.2, 0.25) is 0 Å². The van der Waals surface area contributed by atoms with E-state index in [4.69, 9.17) is 0 Å². The summed E-state index contributed by atoms with van der Waals surface area (Å²) in [5.74, 6) is -0.973. The first-order chi connectivity index (χ1) is 10.8. The van der Waals surface area contributed by atoms with Crippen molar-refractivity contribution in [2.45, 2.75) is 0 Å². The predicted octanol–water partition coefficient (Wildman–Crippen LogP) is 2.85. The summed E-state index contributed by atoms with van der Waals surface area (Å²) in [6.07, 6.45) is 3.87. The van der Waals surface area contributed by atoms with Gasteiger partial charge in [0.05, 0.1) is 11.9 Å². The molecule has 1 amide bonds. The van der Waals surface area contributed by atoms with E-state index in [1.54, 1.807) is 36.4 Å². The Labute approximate surface area is 133 Å². The van der Waals surface area contributed by atoms with Gasteiger partial charge in [0.25, 0.3) is 0 Å². The third-order valence-electron chi connectivity index (χ3n) is 2.77. The van der Waals surface area contributed by atoms with Crippen LogP contribution < -0.4 is 10.0 Å². The molecule has 23 heavy (non-hydrogen) atoms. The lowest BCUT2D eigenvalue weighted by molar-refractivity contribution is -0.111. The maximum atomic E-state index is 13.4. The van der Waals surface area contributed by atoms with Crippen molar-refractivity contribution in [2.75, 3.05) is 16.3 Å². The lowest BCUT2D eigenvalue weighted by Gasteiger charge is -2.04. The van der Waals surface area contributed by atoms with Gasteiger partial charge in [-0.3, -0.25) is 9.52 Å². The van der Waals surface area contributed by atoms with Crippen LogP contribution >= 0.6 is 0 Å². The van der Waals surface area contributed by atoms with Gasteiger partial charge in [-0.2, -0.15) is 0 Å². The molecule has 2 rings (SSSR count). The molecule has 2 N–H and O–H groups in total. The zero-order chi connectivity index (χ0) is 16.9. The first-order valence-electron chi connectivity index (χ1n) is 6.65. The van der Waals surface area contributed by atoms with Crippen molar-refractivity contribution in [1.82, 2.24) is 0 Å². The highest BCUT2D eigenvalue weighted by Gasteiger charge is 2.03. The van der Waals surface area contributed by atoms with Gasteiger partial charge in [0.15, 0.2) is 0 Å². The Morgan fingerprint density at radius 2 is 1.74 bits per heavy atom. The minimum absolute atomic E-state index is 0.106. The van der Waals surface area contributed by atoms with Crippen molar-refractivity contribution < 1.29 is 17.6 Å². The van der Waals surface area contributed by atoms with Crippen molar-refractivity contribution in [1.29, 1.82) is 0 Å². The number of benzene rings is 2. The third kappa shape index (κ3) is 5.55. The summed E-state index contributed by atoms with van der Waals surface area (Å²) in [4.78, 5) is 11.7. The molecule has 0 atom stereocenters. The minimum Gasteiger partial charge on any atom is -0.320 e. The standard InChI is InChI=1S/C16H15FN2O3S/c1-23(21,22)19-13-9-6-12(7-10-13)8-11-16(20)18-15-5-3-2-4-14(15)17/h2-11,19H,1H3,(H,18,20)/b11-8+. The van der Waals surface area contributed by atoms with Crippen LogP contribution in [0.1, 0.15) is 5.56 Å². The van der Waals surface area contributed by atoms with Gasteiger partial charge in [-0.25, -0.2) is 12.8 Å². The number of hydrogen-bond donors (Lipinski definition) is 2. The summed E-state index contributed by atoms with van der Waals surface area (Å²) in [7, 11) is -3.32. The lowest BCUT2D eigenvalue weighted by Crippen LogP contribution is -2.09. The van der Waals surface area contributed by atoms with Crippen LogP contribution in [0, 0.1) is 5.82 Å². The molecule has 0 aromatic heterocycles. The van der Waals surface area contributed by atoms with E-state index >= 15 is 0 Å². The second kappa shape index (κ2) is 7.06. The molecular formula is C16H15FN2O3S. The number of nitrogens with one attached hydrogen (secondary N) is 2. The number of carbonyl (C=O) groups is 1. The van der Waals surface area contributed by atoms with E-state index in [-0.39, 0.29) is 5.69 Å². The van der Waals surface area contributed by atoms with E-state index in [0.717, 1.165) is 6.26 Å². The van der Waals surface area contributed by atoms with E-state index in [1.807, 2.05) is 0 Å². The van der Waals surface area contributed by atoms with E-state index in [0.29, 0.717) is 11.3 Å². The summed E-state index contributed by atoms with van der Waals surface area (Å²) in [5.41, 5.74) is 1.24. The largest absolute Gasteiger partial charge is 0.320 e. The number of anilines is 2. The molecule has 0 bridgehead atoms. The Morgan fingerprint density at radius 3 is 2.35 bits per heavy atom. The molecule has 0 spiro atoms. The zero-order valence-corrected chi connectivity index (χ0v) is 13.1. The molecule has 0 fully saturated rings. The Bertz CT molecular complexity index is 831. The lowest BCUT2D eigenvalue weighted by atomic mass is 10.2. The SMILES string of the molecule is CS(=O)(=O)Nc1ccc(/C=C/C(=O)Nc2ccccc2F)cc1. The first kappa shape index (κ1) is 16.7. The molecule has 7 heteroatoms. The number of amides is 1. The van der Waals surface area contributed by atoms with E-state index in [9.17, 15) is 17.6 Å². The van der Waals surface area contributed by atoms with Crippen molar-refractivity contribution >= 4 is 33.4 Å². The Balaban J connectivity index is 2.00. The number of halogens is 1. The molecule has 5 nitrogen and oxygen atoms in total. The van der Waals surface area contributed by atoms with Gasteiger partial charge in [0, 0.05) is 11.8 Å². The normalized spacial score (nSPS) is 11.4. The summed E-state index contributed by atoms with van der Waals surface area (Å²) in [5, 5.41) is 2.43. The highest BCUT2D eigenvalue weighted by atomic mass is 32.2. The van der Waals surface area contributed by atoms with Crippen LogP contribution in [0.4, 0.5) is 15.8 Å². The van der Waals surface area contributed by atoms with Crippen LogP contribution in [-0.4, -0.2) is 20.6 Å². The second-order valence-corrected chi connectivity index (χ2v) is 6.55. The number of carbonyl (C=O) groups excluding carboxylic acids is 1. The molecule has 2 aromatic carbocycles. The van der Waals surface area contributed by atoms with Crippen LogP contribution in [0.3, 0.4) is 0 Å². The average molecular weight is 334 g/mol. The topological polar surface area (TPSA) is 75.3 Å². The molecular weight excluding hydrogens is 319 g/mol. The van der Waals surface area contributed by atoms with E-state index in [1.165, 1.54) is 24.3 Å². The van der Waals surface area contributed by atoms with Gasteiger partial charge in [-0.05, 0) is 35.9 Å². The fourth-order valence-electron chi connectivity index (χ4n) is 1.79. The van der Waals surface area contributed by atoms with Crippen LogP contribution in [0.15, 0.2) is 54.6 Å². The molecule has 0 heterocycles. The molecule has 0 aliphatic heterocycles. The van der Waals surface area contributed by atoms with Crippen LogP contribution in [0.25, 0.3) is 6.08 Å². The molecule has 0 saturated carbocycles. The highest BCUT2D eigenvalue weighted by Crippen LogP contribution is 2.14. The maximum Gasteiger partial charge on any atom is 0.248 e. The molecule has 2 aromatic rings. The quantitative estimate of drug-likeness (QED) is 0.826. The van der Waals surface area contributed by atoms with Gasteiger partial charge in [0.1, 0.15) is 5.82 Å². The van der Waals surface area contributed by atoms with Crippen molar-refractivity contribution in [3.05, 3.63) is 66.0 Å². The molecule has 0 aliphatic rings. The molecule has 0 saturated heterocycles. The summed E-state index contributed by atoms with van der Waals surface area (Å²) in [6, 6.07) is 12.3. The highest BCUT2D eigenvalue weighted by molar-refractivity contribution is 7.92. The van der Waals surface area contributed by atoms with Crippen LogP contribution in [0.5, 0.6) is 0 Å². The molecule has 120 valence electrons. The monoisotopic (exact) mass is 334 g/mol. The van der Waals surface area contributed by atoms with Gasteiger partial charge in [-0.1, -0.05) is 24.3 Å². The van der Waals surface area contributed by atoms with Crippen molar-refractivity contribution in [3.8, 4) is 0 Å². The summed E-state index contributed by atoms with van der Waals surface area (Å²) in [6.45, 7) is 0. The fraction of sp³-hybridized carbons (Fsp3) is 0.0625. The predicted molar refractivity (Wildman–Crippen MR) is 89.0 cm³/mol. The smallest absolute Gasteiger partial charge is 0.248 e. The summed E-state index contributed by atoms with van der Waals surface area (Å²) >= 11 is 0. The van der Waals surface area contributed by atoms with Crippen LogP contribution in [-0.2, 0) is 14.8 Å². The molecule has 0 radical (unpaired) electrons. The number of rotatable bonds is 5. The minimum atomic E-state index is -3.32. The summed E-state index contributed by atoms with van der Waals surface area (Å²) < 4.78 is 37.9. The molecule has 0 aliphatic carbocycles. The van der Waals surface area contributed by atoms with Crippen molar-refractivity contribution in [3.63, 3.8) is 0 Å². The van der Waals surface area contributed by atoms with Gasteiger partial charge >= 0.3 is 0 Å². The maximum absolute atomic E-state index is 13.4. The molecule has 0 unspecified atom stereocenters. The fourth-order valence-corrected chi connectivity index (χ4v) is 2.35. The Kier molecular flexibility index (Phi) is 5.13. The third-order valence-corrected chi connectivity index (χ3v) is 3.38. The Morgan fingerprint density at radius 1 is 1.09 bits per heavy atom. The zero-order valence-electron chi connectivity index (χ0n) is 12.3. The second-order valence-electron chi connectivity index (χ2n) is 4.80. The number of hydrogen-bond acceptors (Lipinski definition) is 3. The average Bonchev–Trinajstić information content (AvgIpc) is 2.47. The van der Waals surface area contributed by atoms with Gasteiger partial charge in [0.2, 0.25) is 15.9 Å². The number of para-hydroxylation sites is 1. The number of sulfonamides is 1. The van der Waals surface area contributed by atoms with Gasteiger partial charge in [-0.15, -0.1) is 0 Å². The van der Waals surface area contributed by atoms with Crippen molar-refractivity contribution in [2.24, 2.45) is 0 Å². The first-order valence-corrected chi connectivity index (χ1v) is 8.54. The van der Waals surface area contributed by atoms with E-state index < -0.39 is 21.7 Å². The Hall–Kier alpha value is -2.67. The van der Waals surface area contributed by atoms with Gasteiger partial charge < -0.3 is 5.32 Å².